The minimum Gasteiger partial charge on any atom is -0.375 e. The van der Waals surface area contributed by atoms with E-state index in [1.54, 1.807) is 17.0 Å². The summed E-state index contributed by atoms with van der Waals surface area (Å²) in [4.78, 5) is 26.1. The summed E-state index contributed by atoms with van der Waals surface area (Å²) >= 11 is 0. The molecule has 29 heavy (non-hydrogen) atoms. The summed E-state index contributed by atoms with van der Waals surface area (Å²) in [7, 11) is 1.44. The summed E-state index contributed by atoms with van der Waals surface area (Å²) in [5.74, 6) is -0.181. The van der Waals surface area contributed by atoms with Gasteiger partial charge in [-0.3, -0.25) is 4.79 Å². The molecule has 2 aromatic carbocycles. The van der Waals surface area contributed by atoms with Crippen molar-refractivity contribution in [3.05, 3.63) is 53.6 Å². The second-order valence-corrected chi connectivity index (χ2v) is 6.58. The quantitative estimate of drug-likeness (QED) is 0.795. The maximum atomic E-state index is 12.8. The summed E-state index contributed by atoms with van der Waals surface area (Å²) in [6.45, 7) is 0.502. The molecular formula is C20H20F3N3O3. The van der Waals surface area contributed by atoms with Gasteiger partial charge in [-0.25, -0.2) is 4.79 Å². The Morgan fingerprint density at radius 1 is 1.10 bits per heavy atom. The van der Waals surface area contributed by atoms with E-state index in [4.69, 9.17) is 4.74 Å². The van der Waals surface area contributed by atoms with Gasteiger partial charge < -0.3 is 20.3 Å². The molecule has 0 saturated carbocycles. The van der Waals surface area contributed by atoms with Crippen molar-refractivity contribution in [1.29, 1.82) is 0 Å². The van der Waals surface area contributed by atoms with Gasteiger partial charge in [0, 0.05) is 30.7 Å². The van der Waals surface area contributed by atoms with Gasteiger partial charge >= 0.3 is 12.2 Å². The van der Waals surface area contributed by atoms with Crippen LogP contribution in [0.5, 0.6) is 0 Å². The summed E-state index contributed by atoms with van der Waals surface area (Å²) in [6.07, 6.45) is -2.86. The minimum absolute atomic E-state index is 0.0205. The standard InChI is InChI=1S/C20H20F3N3O3/c1-29-12-18(27)26-9-3-4-13-7-8-16(11-17(13)26)25-19(28)24-15-6-2-5-14(10-15)20(21,22)23/h2,5-8,10-11H,3-4,9,12H2,1H3,(H2,24,25,28). The number of alkyl halides is 3. The molecule has 154 valence electrons. The molecule has 0 aromatic heterocycles. The number of carbonyl (C=O) groups is 2. The molecule has 3 rings (SSSR count). The first kappa shape index (κ1) is 20.7. The molecule has 3 amide bonds. The lowest BCUT2D eigenvalue weighted by Gasteiger charge is -2.29. The third kappa shape index (κ3) is 5.05. The molecule has 1 aliphatic rings. The SMILES string of the molecule is COCC(=O)N1CCCc2ccc(NC(=O)Nc3cccc(C(F)(F)F)c3)cc21. The number of methoxy groups -OCH3 is 1. The van der Waals surface area contributed by atoms with Gasteiger partial charge in [-0.2, -0.15) is 13.2 Å². The van der Waals surface area contributed by atoms with E-state index in [-0.39, 0.29) is 18.2 Å². The van der Waals surface area contributed by atoms with Crippen LogP contribution in [0.2, 0.25) is 0 Å². The van der Waals surface area contributed by atoms with E-state index in [0.717, 1.165) is 30.5 Å². The smallest absolute Gasteiger partial charge is 0.375 e. The molecule has 1 heterocycles. The fraction of sp³-hybridized carbons (Fsp3) is 0.300. The summed E-state index contributed by atoms with van der Waals surface area (Å²) in [6, 6.07) is 8.87. The average Bonchev–Trinajstić information content (AvgIpc) is 2.67. The van der Waals surface area contributed by atoms with Crippen LogP contribution >= 0.6 is 0 Å². The van der Waals surface area contributed by atoms with Crippen molar-refractivity contribution >= 4 is 29.0 Å². The van der Waals surface area contributed by atoms with Crippen LogP contribution in [-0.4, -0.2) is 32.2 Å². The number of aryl methyl sites for hydroxylation is 1. The average molecular weight is 407 g/mol. The van der Waals surface area contributed by atoms with Gasteiger partial charge in [0.25, 0.3) is 5.91 Å². The Labute approximate surface area is 165 Å². The second-order valence-electron chi connectivity index (χ2n) is 6.58. The number of nitrogens with one attached hydrogen (secondary N) is 2. The number of nitrogens with zero attached hydrogens (tertiary/aromatic N) is 1. The van der Waals surface area contributed by atoms with Gasteiger partial charge in [-0.15, -0.1) is 0 Å². The van der Waals surface area contributed by atoms with E-state index in [9.17, 15) is 22.8 Å². The second kappa shape index (κ2) is 8.52. The Morgan fingerprint density at radius 3 is 2.52 bits per heavy atom. The van der Waals surface area contributed by atoms with Gasteiger partial charge in [0.05, 0.1) is 5.56 Å². The molecule has 2 aromatic rings. The molecule has 0 unspecified atom stereocenters. The topological polar surface area (TPSA) is 70.7 Å². The first-order chi connectivity index (χ1) is 13.8. The number of carbonyl (C=O) groups excluding carboxylic acids is 2. The van der Waals surface area contributed by atoms with E-state index >= 15 is 0 Å². The van der Waals surface area contributed by atoms with Crippen molar-refractivity contribution in [3.8, 4) is 0 Å². The first-order valence-corrected chi connectivity index (χ1v) is 8.95. The van der Waals surface area contributed by atoms with Crippen molar-refractivity contribution in [3.63, 3.8) is 0 Å². The molecule has 0 fully saturated rings. The fourth-order valence-corrected chi connectivity index (χ4v) is 3.18. The lowest BCUT2D eigenvalue weighted by molar-refractivity contribution is -0.137. The predicted octanol–water partition coefficient (Wildman–Crippen LogP) is 4.28. The molecule has 0 aliphatic carbocycles. The van der Waals surface area contributed by atoms with Gasteiger partial charge in [-0.1, -0.05) is 12.1 Å². The van der Waals surface area contributed by atoms with E-state index in [1.807, 2.05) is 6.07 Å². The van der Waals surface area contributed by atoms with Crippen molar-refractivity contribution in [2.45, 2.75) is 19.0 Å². The first-order valence-electron chi connectivity index (χ1n) is 8.95. The van der Waals surface area contributed by atoms with Crippen LogP contribution in [-0.2, 0) is 22.1 Å². The number of hydrogen-bond donors (Lipinski definition) is 2. The third-order valence-corrected chi connectivity index (χ3v) is 4.48. The highest BCUT2D eigenvalue weighted by molar-refractivity contribution is 6.01. The number of anilines is 3. The molecule has 2 N–H and O–H groups in total. The van der Waals surface area contributed by atoms with E-state index < -0.39 is 17.8 Å². The summed E-state index contributed by atoms with van der Waals surface area (Å²) in [5, 5.41) is 4.98. The molecule has 0 atom stereocenters. The zero-order valence-electron chi connectivity index (χ0n) is 15.7. The number of rotatable bonds is 4. The van der Waals surface area contributed by atoms with Gasteiger partial charge in [0.2, 0.25) is 0 Å². The number of benzene rings is 2. The Bertz CT molecular complexity index is 915. The van der Waals surface area contributed by atoms with Crippen LogP contribution in [0.1, 0.15) is 17.5 Å². The Kier molecular flexibility index (Phi) is 6.07. The van der Waals surface area contributed by atoms with E-state index in [0.29, 0.717) is 17.9 Å². The monoisotopic (exact) mass is 407 g/mol. The van der Waals surface area contributed by atoms with Crippen LogP contribution in [0.25, 0.3) is 0 Å². The molecule has 9 heteroatoms. The summed E-state index contributed by atoms with van der Waals surface area (Å²) < 4.78 is 43.3. The lowest BCUT2D eigenvalue weighted by Crippen LogP contribution is -2.37. The van der Waals surface area contributed by atoms with Crippen molar-refractivity contribution in [2.75, 3.05) is 35.8 Å². The highest BCUT2D eigenvalue weighted by Crippen LogP contribution is 2.32. The van der Waals surface area contributed by atoms with Gasteiger partial charge in [-0.05, 0) is 48.7 Å². The summed E-state index contributed by atoms with van der Waals surface area (Å²) in [5.41, 5.74) is 1.26. The third-order valence-electron chi connectivity index (χ3n) is 4.48. The van der Waals surface area contributed by atoms with Crippen molar-refractivity contribution in [1.82, 2.24) is 0 Å². The van der Waals surface area contributed by atoms with Crippen LogP contribution in [0, 0.1) is 0 Å². The maximum absolute atomic E-state index is 12.8. The highest BCUT2D eigenvalue weighted by Gasteiger charge is 2.30. The number of ether oxygens (including phenoxy) is 1. The van der Waals surface area contributed by atoms with E-state index in [2.05, 4.69) is 10.6 Å². The van der Waals surface area contributed by atoms with Crippen molar-refractivity contribution < 1.29 is 27.5 Å². The van der Waals surface area contributed by atoms with Crippen LogP contribution in [0.4, 0.5) is 35.0 Å². The highest BCUT2D eigenvalue weighted by atomic mass is 19.4. The van der Waals surface area contributed by atoms with E-state index in [1.165, 1.54) is 19.2 Å². The zero-order valence-corrected chi connectivity index (χ0v) is 15.7. The van der Waals surface area contributed by atoms with Crippen LogP contribution < -0.4 is 15.5 Å². The molecule has 6 nitrogen and oxygen atoms in total. The van der Waals surface area contributed by atoms with Gasteiger partial charge in [0.1, 0.15) is 6.61 Å². The lowest BCUT2D eigenvalue weighted by atomic mass is 10.0. The van der Waals surface area contributed by atoms with Crippen LogP contribution in [0.3, 0.4) is 0 Å². The molecule has 0 spiro atoms. The van der Waals surface area contributed by atoms with Gasteiger partial charge in [0.15, 0.2) is 0 Å². The predicted molar refractivity (Wildman–Crippen MR) is 103 cm³/mol. The molecule has 0 saturated heterocycles. The largest absolute Gasteiger partial charge is 0.416 e. The van der Waals surface area contributed by atoms with Crippen molar-refractivity contribution in [2.24, 2.45) is 0 Å². The molecule has 0 bridgehead atoms. The molecular weight excluding hydrogens is 387 g/mol. The maximum Gasteiger partial charge on any atom is 0.416 e. The fourth-order valence-electron chi connectivity index (χ4n) is 3.18. The number of halogens is 3. The number of urea groups is 1. The Balaban J connectivity index is 1.73. The minimum atomic E-state index is -4.50. The normalized spacial score (nSPS) is 13.6. The molecule has 0 radical (unpaired) electrons. The number of hydrogen-bond acceptors (Lipinski definition) is 3. The number of fused-ring (bicyclic) bond motifs is 1. The number of amides is 3. The molecule has 1 aliphatic heterocycles. The van der Waals surface area contributed by atoms with Crippen LogP contribution in [0.15, 0.2) is 42.5 Å². The zero-order chi connectivity index (χ0) is 21.0. The Morgan fingerprint density at radius 2 is 1.83 bits per heavy atom. The Hall–Kier alpha value is -3.07.